The summed E-state index contributed by atoms with van der Waals surface area (Å²) in [6, 6.07) is 26.4. The quantitative estimate of drug-likeness (QED) is 0.0225. The Labute approximate surface area is 659 Å². The summed E-state index contributed by atoms with van der Waals surface area (Å²) in [6.45, 7) is 27.7. The zero-order valence-electron chi connectivity index (χ0n) is 66.9. The number of ketones is 4. The minimum atomic E-state index is -1.40. The van der Waals surface area contributed by atoms with Gasteiger partial charge in [-0.2, -0.15) is 0 Å². The lowest BCUT2D eigenvalue weighted by atomic mass is 9.97. The van der Waals surface area contributed by atoms with Crippen LogP contribution in [0.15, 0.2) is 97.1 Å². The average Bonchev–Trinajstić information content (AvgIpc) is 0.870. The van der Waals surface area contributed by atoms with Crippen molar-refractivity contribution in [2.45, 2.75) is 77.8 Å². The Balaban J connectivity index is 0.000000794. The van der Waals surface area contributed by atoms with E-state index in [9.17, 15) is 39.6 Å². The lowest BCUT2D eigenvalue weighted by Crippen LogP contribution is -2.30. The number of carbonyl (C=O) groups is 4. The van der Waals surface area contributed by atoms with Crippen LogP contribution in [0, 0.1) is 0 Å². The fourth-order valence-corrected chi connectivity index (χ4v) is 8.40. The van der Waals surface area contributed by atoms with Crippen LogP contribution in [0.4, 0.5) is 0 Å². The van der Waals surface area contributed by atoms with E-state index in [1.165, 1.54) is 55.4 Å². The van der Waals surface area contributed by atoms with Crippen LogP contribution in [0.1, 0.15) is 96.8 Å². The van der Waals surface area contributed by atoms with E-state index in [0.717, 1.165) is 0 Å². The number of rotatable bonds is 68. The molecule has 0 unspecified atom stereocenters. The second-order valence-corrected chi connectivity index (χ2v) is 25.7. The standard InChI is InChI=1S/C30H52O13.C22H36O9.C16H24O6.C12H16O4/c1-30(2,33)29(32)27-3-5-28(6-4-27)43-26-25-42-24-23-41-22-21-40-20-19-39-18-17-38-16-15-37-14-13-36-12-11-35-10-9-34-8-7-31;1-22(2,25)21(24)19-3-5-20(6-4-19)31-18-17-30-16-15-29-14-13-28-12-11-27-10-9-26-8-7-23;1-16(2,19)15(18)13-3-5-14(6-4-13)22-12-11-21-10-9-20-8-7-17;1-12(2,15)11(14)9-3-5-10(6-4-9)16-8-7-13/h3-6,31,33H,7-26H2,1-2H3;3-6,23,25H,7-18H2,1-2H3;3-6,17,19H,7-12H2,1-2H3;3-6,13,15H,7-8H2,1-2H3. The number of ether oxygens (including phenoxy) is 20. The van der Waals surface area contributed by atoms with Crippen molar-refractivity contribution in [1.82, 2.24) is 0 Å². The zero-order valence-corrected chi connectivity index (χ0v) is 66.9. The predicted octanol–water partition coefficient (Wildman–Crippen LogP) is 4.31. The smallest absolute Gasteiger partial charge is 0.193 e. The Bertz CT molecular complexity index is 2880. The maximum atomic E-state index is 12.0. The Hall–Kier alpha value is -6.20. The predicted molar refractivity (Wildman–Crippen MR) is 412 cm³/mol. The monoisotopic (exact) mass is 1600 g/mol. The van der Waals surface area contributed by atoms with Crippen LogP contribution >= 0.6 is 0 Å². The molecule has 0 bridgehead atoms. The normalized spacial score (nSPS) is 11.6. The van der Waals surface area contributed by atoms with Gasteiger partial charge in [0.15, 0.2) is 23.1 Å². The van der Waals surface area contributed by atoms with Gasteiger partial charge < -0.3 is 136 Å². The third kappa shape index (κ3) is 57.8. The zero-order chi connectivity index (χ0) is 82.7. The molecule has 640 valence electrons. The summed E-state index contributed by atoms with van der Waals surface area (Å²) in [4.78, 5) is 47.5. The Morgan fingerprint density at radius 3 is 0.438 bits per heavy atom. The minimum Gasteiger partial charge on any atom is -0.491 e. The van der Waals surface area contributed by atoms with Gasteiger partial charge in [0, 0.05) is 22.3 Å². The van der Waals surface area contributed by atoms with E-state index in [1.807, 2.05) is 0 Å². The molecule has 0 spiro atoms. The van der Waals surface area contributed by atoms with Crippen LogP contribution in [0.3, 0.4) is 0 Å². The Kier molecular flexibility index (Phi) is 62.1. The van der Waals surface area contributed by atoms with Crippen molar-refractivity contribution in [3.8, 4) is 23.0 Å². The lowest BCUT2D eigenvalue weighted by Gasteiger charge is -2.15. The molecule has 0 heterocycles. The third-order valence-corrected chi connectivity index (χ3v) is 14.1. The van der Waals surface area contributed by atoms with Crippen LogP contribution in [0.2, 0.25) is 0 Å². The van der Waals surface area contributed by atoms with E-state index in [0.29, 0.717) is 276 Å². The van der Waals surface area contributed by atoms with Crippen molar-refractivity contribution in [2.75, 3.05) is 264 Å². The molecule has 112 heavy (non-hydrogen) atoms. The topological polar surface area (TPSA) is 415 Å². The molecule has 4 rings (SSSR count). The first-order valence-corrected chi connectivity index (χ1v) is 37.5. The molecule has 0 amide bonds. The third-order valence-electron chi connectivity index (χ3n) is 14.1. The highest BCUT2D eigenvalue weighted by atomic mass is 16.6. The number of benzene rings is 4. The molecule has 0 saturated heterocycles. The summed E-state index contributed by atoms with van der Waals surface area (Å²) >= 11 is 0. The van der Waals surface area contributed by atoms with Gasteiger partial charge in [0.05, 0.1) is 238 Å². The van der Waals surface area contributed by atoms with E-state index >= 15 is 0 Å². The van der Waals surface area contributed by atoms with Gasteiger partial charge in [0.2, 0.25) is 0 Å². The fourth-order valence-electron chi connectivity index (χ4n) is 8.40. The Morgan fingerprint density at radius 2 is 0.312 bits per heavy atom. The number of aliphatic hydroxyl groups excluding tert-OH is 4. The highest BCUT2D eigenvalue weighted by Gasteiger charge is 2.28. The van der Waals surface area contributed by atoms with Gasteiger partial charge >= 0.3 is 0 Å². The van der Waals surface area contributed by atoms with Gasteiger partial charge in [-0.3, -0.25) is 19.2 Å². The van der Waals surface area contributed by atoms with Crippen molar-refractivity contribution in [3.05, 3.63) is 119 Å². The van der Waals surface area contributed by atoms with Crippen molar-refractivity contribution in [1.29, 1.82) is 0 Å². The average molecular weight is 1600 g/mol. The number of aliphatic hydroxyl groups is 8. The molecule has 0 aliphatic rings. The first-order valence-electron chi connectivity index (χ1n) is 37.5. The van der Waals surface area contributed by atoms with Gasteiger partial charge in [-0.25, -0.2) is 0 Å². The molecular formula is C80H128O32. The molecule has 32 heteroatoms. The number of hydrogen-bond acceptors (Lipinski definition) is 32. The molecule has 0 saturated carbocycles. The highest BCUT2D eigenvalue weighted by molar-refractivity contribution is 6.03. The summed E-state index contributed by atoms with van der Waals surface area (Å²) in [5.74, 6) is 1.15. The van der Waals surface area contributed by atoms with Gasteiger partial charge in [-0.05, 0) is 152 Å². The maximum Gasteiger partial charge on any atom is 0.193 e. The molecule has 0 aliphatic carbocycles. The Morgan fingerprint density at radius 1 is 0.196 bits per heavy atom. The largest absolute Gasteiger partial charge is 0.491 e. The SMILES string of the molecule is CC(C)(O)C(=O)c1ccc(OCCO)cc1.CC(C)(O)C(=O)c1ccc(OCCOCCOCCO)cc1.CC(C)(O)C(=O)c1ccc(OCCOCCOCCOCCOCCOCCO)cc1.CC(C)(O)C(=O)c1ccc(OCCOCCOCCOCCOCCOCCOCCOCCOCCOCCO)cc1. The molecule has 0 radical (unpaired) electrons. The number of hydrogen-bond donors (Lipinski definition) is 8. The van der Waals surface area contributed by atoms with E-state index in [-0.39, 0.29) is 56.2 Å². The lowest BCUT2D eigenvalue weighted by molar-refractivity contribution is -0.0258. The van der Waals surface area contributed by atoms with Gasteiger partial charge in [-0.15, -0.1) is 0 Å². The van der Waals surface area contributed by atoms with E-state index in [2.05, 4.69) is 0 Å². The first kappa shape index (κ1) is 104. The maximum absolute atomic E-state index is 12.0. The second kappa shape index (κ2) is 67.0. The summed E-state index contributed by atoms with van der Waals surface area (Å²) < 4.78 is 107. The van der Waals surface area contributed by atoms with Crippen LogP contribution in [0.25, 0.3) is 0 Å². The molecule has 0 atom stereocenters. The van der Waals surface area contributed by atoms with Crippen LogP contribution in [-0.4, -0.2) is 351 Å². The molecule has 0 aliphatic heterocycles. The van der Waals surface area contributed by atoms with E-state index < -0.39 is 22.4 Å². The van der Waals surface area contributed by atoms with Crippen molar-refractivity contribution in [3.63, 3.8) is 0 Å². The van der Waals surface area contributed by atoms with Crippen molar-refractivity contribution in [2.24, 2.45) is 0 Å². The minimum absolute atomic E-state index is 0.00900. The highest BCUT2D eigenvalue weighted by Crippen LogP contribution is 2.21. The van der Waals surface area contributed by atoms with Crippen LogP contribution in [0.5, 0.6) is 23.0 Å². The molecule has 0 aromatic heterocycles. The number of Topliss-reactive ketones (excluding diaryl/α,β-unsaturated/α-hetero) is 4. The molecule has 4 aromatic carbocycles. The summed E-state index contributed by atoms with van der Waals surface area (Å²) in [5.41, 5.74) is -3.79. The van der Waals surface area contributed by atoms with E-state index in [4.69, 9.17) is 115 Å². The molecule has 0 fully saturated rings. The van der Waals surface area contributed by atoms with Crippen molar-refractivity contribution < 1.29 is 155 Å². The molecular weight excluding hydrogens is 1470 g/mol. The summed E-state index contributed by atoms with van der Waals surface area (Å²) in [5, 5.41) is 72.9. The van der Waals surface area contributed by atoms with Gasteiger partial charge in [-0.1, -0.05) is 0 Å². The molecule has 8 N–H and O–H groups in total. The van der Waals surface area contributed by atoms with E-state index in [1.54, 1.807) is 97.1 Å². The number of carbonyl (C=O) groups excluding carboxylic acids is 4. The summed E-state index contributed by atoms with van der Waals surface area (Å²) in [6.07, 6.45) is 0. The molecule has 4 aromatic rings. The van der Waals surface area contributed by atoms with Crippen molar-refractivity contribution >= 4 is 23.1 Å². The summed E-state index contributed by atoms with van der Waals surface area (Å²) in [7, 11) is 0. The molecule has 32 nitrogen and oxygen atoms in total. The van der Waals surface area contributed by atoms with Gasteiger partial charge in [0.25, 0.3) is 0 Å². The van der Waals surface area contributed by atoms with Gasteiger partial charge in [0.1, 0.15) is 71.8 Å². The second-order valence-electron chi connectivity index (χ2n) is 25.7. The van der Waals surface area contributed by atoms with Crippen LogP contribution in [-0.2, 0) is 75.8 Å². The fraction of sp³-hybridized carbons (Fsp3) is 0.650. The van der Waals surface area contributed by atoms with Crippen LogP contribution < -0.4 is 18.9 Å². The first-order chi connectivity index (χ1) is 53.8.